The van der Waals surface area contributed by atoms with Crippen LogP contribution in [-0.4, -0.2) is 21.8 Å². The van der Waals surface area contributed by atoms with Crippen molar-refractivity contribution >= 4 is 35.0 Å². The molecule has 0 unspecified atom stereocenters. The number of hydrogen-bond acceptors (Lipinski definition) is 4. The van der Waals surface area contributed by atoms with Gasteiger partial charge in [-0.2, -0.15) is 0 Å². The summed E-state index contributed by atoms with van der Waals surface area (Å²) in [7, 11) is 0. The number of carboxylic acids is 1. The lowest BCUT2D eigenvalue weighted by Gasteiger charge is -2.13. The lowest BCUT2D eigenvalue weighted by atomic mass is 10.1. The molecule has 0 heterocycles. The Balaban J connectivity index is 2.09. The Hall–Kier alpha value is -1.27. The summed E-state index contributed by atoms with van der Waals surface area (Å²) in [5.41, 5.74) is 0.578. The fourth-order valence-corrected chi connectivity index (χ4v) is 3.68. The average Bonchev–Trinajstić information content (AvgIpc) is 3.08. The molecular formula is C13H14ClNO4S. The van der Waals surface area contributed by atoms with Crippen LogP contribution in [0.25, 0.3) is 0 Å². The topological polar surface area (TPSA) is 80.4 Å². The molecular weight excluding hydrogens is 302 g/mol. The van der Waals surface area contributed by atoms with Crippen molar-refractivity contribution in [3.63, 3.8) is 0 Å². The van der Waals surface area contributed by atoms with E-state index in [1.165, 1.54) is 17.8 Å². The van der Waals surface area contributed by atoms with E-state index in [2.05, 4.69) is 0 Å². The Morgan fingerprint density at radius 1 is 1.55 bits per heavy atom. The summed E-state index contributed by atoms with van der Waals surface area (Å²) in [6.45, 7) is 1.79. The molecule has 1 saturated carbocycles. The zero-order chi connectivity index (χ0) is 14.9. The Morgan fingerprint density at radius 3 is 2.70 bits per heavy atom. The van der Waals surface area contributed by atoms with Gasteiger partial charge in [0.15, 0.2) is 0 Å². The molecule has 7 heteroatoms. The summed E-state index contributed by atoms with van der Waals surface area (Å²) in [5, 5.41) is 19.8. The van der Waals surface area contributed by atoms with Gasteiger partial charge in [0.1, 0.15) is 5.02 Å². The van der Waals surface area contributed by atoms with Crippen molar-refractivity contribution in [2.45, 2.75) is 31.1 Å². The second-order valence-corrected chi connectivity index (χ2v) is 6.61. The van der Waals surface area contributed by atoms with E-state index in [0.717, 1.165) is 23.3 Å². The van der Waals surface area contributed by atoms with Crippen LogP contribution in [0.1, 0.15) is 24.8 Å². The number of nitrogens with zero attached hydrogens (tertiary/aromatic N) is 1. The van der Waals surface area contributed by atoms with Gasteiger partial charge >= 0.3 is 5.97 Å². The summed E-state index contributed by atoms with van der Waals surface area (Å²) in [4.78, 5) is 22.0. The van der Waals surface area contributed by atoms with Crippen molar-refractivity contribution in [2.75, 3.05) is 5.75 Å². The quantitative estimate of drug-likeness (QED) is 0.489. The third-order valence-electron chi connectivity index (χ3n) is 3.46. The molecule has 2 rings (SSSR count). The van der Waals surface area contributed by atoms with E-state index < -0.39 is 10.9 Å². The molecule has 5 nitrogen and oxygen atoms in total. The van der Waals surface area contributed by atoms with Gasteiger partial charge in [0.25, 0.3) is 5.69 Å². The second kappa shape index (κ2) is 5.61. The van der Waals surface area contributed by atoms with Crippen LogP contribution in [0, 0.1) is 22.5 Å². The number of halogens is 1. The fraction of sp³-hybridized carbons (Fsp3) is 0.462. The summed E-state index contributed by atoms with van der Waals surface area (Å²) >= 11 is 7.42. The summed E-state index contributed by atoms with van der Waals surface area (Å²) in [6.07, 6.45) is 2.03. The largest absolute Gasteiger partial charge is 0.481 e. The van der Waals surface area contributed by atoms with Crippen molar-refractivity contribution in [3.05, 3.63) is 32.8 Å². The Morgan fingerprint density at radius 2 is 2.20 bits per heavy atom. The van der Waals surface area contributed by atoms with Gasteiger partial charge in [0.2, 0.25) is 0 Å². The van der Waals surface area contributed by atoms with Gasteiger partial charge in [0.05, 0.1) is 11.3 Å². The van der Waals surface area contributed by atoms with Crippen LogP contribution in [-0.2, 0) is 4.79 Å². The molecule has 0 aliphatic heterocycles. The monoisotopic (exact) mass is 315 g/mol. The molecule has 108 valence electrons. The molecule has 0 bridgehead atoms. The lowest BCUT2D eigenvalue weighted by Crippen LogP contribution is -2.11. The van der Waals surface area contributed by atoms with Gasteiger partial charge in [-0.15, -0.1) is 11.8 Å². The highest BCUT2D eigenvalue weighted by molar-refractivity contribution is 7.99. The molecule has 0 amide bonds. The summed E-state index contributed by atoms with van der Waals surface area (Å²) < 4.78 is 0. The van der Waals surface area contributed by atoms with E-state index >= 15 is 0 Å². The molecule has 1 aromatic carbocycles. The van der Waals surface area contributed by atoms with E-state index in [0.29, 0.717) is 5.75 Å². The number of rotatable bonds is 6. The van der Waals surface area contributed by atoms with Crippen LogP contribution < -0.4 is 0 Å². The number of nitro groups is 1. The third-order valence-corrected chi connectivity index (χ3v) is 5.27. The average molecular weight is 316 g/mol. The molecule has 1 aliphatic carbocycles. The van der Waals surface area contributed by atoms with Crippen LogP contribution in [0.4, 0.5) is 5.69 Å². The standard InChI is InChI=1S/C13H14ClNO4S/c1-8-4-10(15(18)19)9(14)5-11(8)20-7-13(2-3-13)6-12(16)17/h4-5H,2-3,6-7H2,1H3,(H,16,17). The fourth-order valence-electron chi connectivity index (χ4n) is 2.04. The van der Waals surface area contributed by atoms with E-state index in [1.54, 1.807) is 13.0 Å². The summed E-state index contributed by atoms with van der Waals surface area (Å²) in [5.74, 6) is -0.0737. The van der Waals surface area contributed by atoms with Gasteiger partial charge < -0.3 is 5.11 Å². The molecule has 0 spiro atoms. The molecule has 0 saturated heterocycles. The molecule has 0 radical (unpaired) electrons. The first-order chi connectivity index (χ1) is 9.33. The van der Waals surface area contributed by atoms with Gasteiger partial charge in [0, 0.05) is 16.7 Å². The number of benzene rings is 1. The van der Waals surface area contributed by atoms with Gasteiger partial charge in [-0.25, -0.2) is 0 Å². The van der Waals surface area contributed by atoms with Gasteiger partial charge in [-0.3, -0.25) is 14.9 Å². The Labute approximate surface area is 125 Å². The zero-order valence-electron chi connectivity index (χ0n) is 10.9. The van der Waals surface area contributed by atoms with E-state index in [1.807, 2.05) is 0 Å². The van der Waals surface area contributed by atoms with Crippen molar-refractivity contribution < 1.29 is 14.8 Å². The minimum absolute atomic E-state index is 0.0970. The number of aryl methyl sites for hydroxylation is 1. The maximum absolute atomic E-state index is 10.8. The van der Waals surface area contributed by atoms with Crippen LogP contribution in [0.15, 0.2) is 17.0 Å². The van der Waals surface area contributed by atoms with Crippen LogP contribution >= 0.6 is 23.4 Å². The predicted octanol–water partition coefficient (Wildman–Crippen LogP) is 3.90. The minimum atomic E-state index is -0.776. The van der Waals surface area contributed by atoms with Crippen molar-refractivity contribution in [1.82, 2.24) is 0 Å². The van der Waals surface area contributed by atoms with Gasteiger partial charge in [-0.1, -0.05) is 11.6 Å². The molecule has 1 aromatic rings. The SMILES string of the molecule is Cc1cc([N+](=O)[O-])c(Cl)cc1SCC1(CC(=O)O)CC1. The molecule has 0 aromatic heterocycles. The first-order valence-electron chi connectivity index (χ1n) is 6.12. The highest BCUT2D eigenvalue weighted by Gasteiger charge is 2.44. The zero-order valence-corrected chi connectivity index (χ0v) is 12.5. The van der Waals surface area contributed by atoms with Gasteiger partial charge in [-0.05, 0) is 36.8 Å². The first-order valence-corrected chi connectivity index (χ1v) is 7.48. The minimum Gasteiger partial charge on any atom is -0.481 e. The smallest absolute Gasteiger partial charge is 0.303 e. The highest BCUT2D eigenvalue weighted by atomic mass is 35.5. The van der Waals surface area contributed by atoms with Crippen LogP contribution in [0.5, 0.6) is 0 Å². The third kappa shape index (κ3) is 3.43. The maximum Gasteiger partial charge on any atom is 0.303 e. The number of carboxylic acid groups (broad SMARTS) is 1. The van der Waals surface area contributed by atoms with E-state index in [-0.39, 0.29) is 22.5 Å². The Kier molecular flexibility index (Phi) is 4.25. The normalized spacial score (nSPS) is 15.9. The molecule has 1 N–H and O–H groups in total. The number of nitro benzene ring substituents is 1. The molecule has 0 atom stereocenters. The van der Waals surface area contributed by atoms with E-state index in [9.17, 15) is 14.9 Å². The highest BCUT2D eigenvalue weighted by Crippen LogP contribution is 2.52. The maximum atomic E-state index is 10.8. The van der Waals surface area contributed by atoms with Crippen LogP contribution in [0.2, 0.25) is 5.02 Å². The summed E-state index contributed by atoms with van der Waals surface area (Å²) in [6, 6.07) is 3.05. The predicted molar refractivity (Wildman–Crippen MR) is 77.5 cm³/mol. The van der Waals surface area contributed by atoms with Crippen molar-refractivity contribution in [3.8, 4) is 0 Å². The van der Waals surface area contributed by atoms with Crippen molar-refractivity contribution in [2.24, 2.45) is 5.41 Å². The number of hydrogen-bond donors (Lipinski definition) is 1. The Bertz CT molecular complexity index is 572. The number of carbonyl (C=O) groups is 1. The second-order valence-electron chi connectivity index (χ2n) is 5.19. The molecule has 1 fully saturated rings. The van der Waals surface area contributed by atoms with E-state index in [4.69, 9.17) is 16.7 Å². The lowest BCUT2D eigenvalue weighted by molar-refractivity contribution is -0.384. The number of aliphatic carboxylic acids is 1. The molecule has 1 aliphatic rings. The van der Waals surface area contributed by atoms with Crippen molar-refractivity contribution in [1.29, 1.82) is 0 Å². The molecule has 20 heavy (non-hydrogen) atoms. The first kappa shape index (κ1) is 15.1. The number of thioether (sulfide) groups is 1. The van der Waals surface area contributed by atoms with Crippen LogP contribution in [0.3, 0.4) is 0 Å².